The molecule has 3 N–H and O–H groups in total. The maximum absolute atomic E-state index is 5.55. The number of hydrogen-bond donors (Lipinski definition) is 2. The predicted octanol–water partition coefficient (Wildman–Crippen LogP) is 0.655. The molecule has 1 unspecified atom stereocenters. The molecule has 1 aliphatic rings. The fourth-order valence-electron chi connectivity index (χ4n) is 2.53. The number of nitrogens with two attached hydrogens (primary N) is 1. The Hall–Kier alpha value is -0.120. The summed E-state index contributed by atoms with van der Waals surface area (Å²) in [5, 5.41) is 3.43. The average molecular weight is 199 g/mol. The molecule has 1 fully saturated rings. The molecule has 0 bridgehead atoms. The Morgan fingerprint density at radius 1 is 1.43 bits per heavy atom. The highest BCUT2D eigenvalue weighted by atomic mass is 15.1. The number of nitrogens with zero attached hydrogens (tertiary/aromatic N) is 1. The van der Waals surface area contributed by atoms with E-state index in [0.29, 0.717) is 0 Å². The molecule has 0 radical (unpaired) electrons. The SMILES string of the molecule is CCC(NC)C1CCN(CCN)CC1. The van der Waals surface area contributed by atoms with Crippen molar-refractivity contribution in [1.29, 1.82) is 0 Å². The second-order valence-corrected chi connectivity index (χ2v) is 4.27. The van der Waals surface area contributed by atoms with Gasteiger partial charge in [0.2, 0.25) is 0 Å². The molecule has 1 saturated heterocycles. The second-order valence-electron chi connectivity index (χ2n) is 4.27. The Kier molecular flexibility index (Phi) is 5.45. The third-order valence-electron chi connectivity index (χ3n) is 3.46. The highest BCUT2D eigenvalue weighted by Gasteiger charge is 2.23. The molecule has 0 aromatic heterocycles. The van der Waals surface area contributed by atoms with E-state index in [4.69, 9.17) is 5.73 Å². The number of likely N-dealkylation sites (tertiary alicyclic amines) is 1. The van der Waals surface area contributed by atoms with Crippen LogP contribution in [0.1, 0.15) is 26.2 Å². The number of piperidine rings is 1. The fourth-order valence-corrected chi connectivity index (χ4v) is 2.53. The van der Waals surface area contributed by atoms with Crippen molar-refractivity contribution in [2.75, 3.05) is 33.2 Å². The lowest BCUT2D eigenvalue weighted by molar-refractivity contribution is 0.162. The minimum absolute atomic E-state index is 0.718. The summed E-state index contributed by atoms with van der Waals surface area (Å²) in [5.41, 5.74) is 5.55. The molecule has 3 nitrogen and oxygen atoms in total. The Morgan fingerprint density at radius 3 is 2.50 bits per heavy atom. The topological polar surface area (TPSA) is 41.3 Å². The molecule has 0 spiro atoms. The lowest BCUT2D eigenvalue weighted by Crippen LogP contribution is -2.43. The van der Waals surface area contributed by atoms with Crippen LogP contribution in [-0.2, 0) is 0 Å². The molecule has 1 rings (SSSR count). The monoisotopic (exact) mass is 199 g/mol. The van der Waals surface area contributed by atoms with E-state index >= 15 is 0 Å². The normalized spacial score (nSPS) is 22.5. The van der Waals surface area contributed by atoms with Gasteiger partial charge in [-0.2, -0.15) is 0 Å². The molecule has 0 amide bonds. The van der Waals surface area contributed by atoms with Crippen LogP contribution in [0.15, 0.2) is 0 Å². The van der Waals surface area contributed by atoms with Crippen LogP contribution < -0.4 is 11.1 Å². The van der Waals surface area contributed by atoms with Crippen molar-refractivity contribution in [3.63, 3.8) is 0 Å². The second kappa shape index (κ2) is 6.38. The summed E-state index contributed by atoms with van der Waals surface area (Å²) >= 11 is 0. The van der Waals surface area contributed by atoms with Crippen LogP contribution in [0, 0.1) is 5.92 Å². The summed E-state index contributed by atoms with van der Waals surface area (Å²) in [6, 6.07) is 0.718. The molecule has 1 atom stereocenters. The van der Waals surface area contributed by atoms with Crippen molar-refractivity contribution < 1.29 is 0 Å². The highest BCUT2D eigenvalue weighted by Crippen LogP contribution is 2.21. The van der Waals surface area contributed by atoms with Crippen molar-refractivity contribution in [1.82, 2.24) is 10.2 Å². The smallest absolute Gasteiger partial charge is 0.0105 e. The van der Waals surface area contributed by atoms with Crippen molar-refractivity contribution in [2.45, 2.75) is 32.2 Å². The van der Waals surface area contributed by atoms with Crippen LogP contribution in [0.25, 0.3) is 0 Å². The summed E-state index contributed by atoms with van der Waals surface area (Å²) in [5.74, 6) is 0.874. The number of nitrogens with one attached hydrogen (secondary N) is 1. The van der Waals surface area contributed by atoms with Gasteiger partial charge in [-0.3, -0.25) is 0 Å². The van der Waals surface area contributed by atoms with Crippen LogP contribution >= 0.6 is 0 Å². The van der Waals surface area contributed by atoms with E-state index in [2.05, 4.69) is 24.2 Å². The summed E-state index contributed by atoms with van der Waals surface area (Å²) < 4.78 is 0. The van der Waals surface area contributed by atoms with Crippen LogP contribution in [0.3, 0.4) is 0 Å². The van der Waals surface area contributed by atoms with Gasteiger partial charge in [-0.1, -0.05) is 6.92 Å². The van der Waals surface area contributed by atoms with Gasteiger partial charge in [-0.25, -0.2) is 0 Å². The standard InChI is InChI=1S/C11H25N3/c1-3-11(13-2)10-4-7-14(8-5-10)9-6-12/h10-11,13H,3-9,12H2,1-2H3. The van der Waals surface area contributed by atoms with E-state index in [1.54, 1.807) is 0 Å². The van der Waals surface area contributed by atoms with Crippen molar-refractivity contribution >= 4 is 0 Å². The molecule has 1 aliphatic heterocycles. The molecule has 0 aromatic carbocycles. The van der Waals surface area contributed by atoms with Gasteiger partial charge in [-0.15, -0.1) is 0 Å². The van der Waals surface area contributed by atoms with Gasteiger partial charge in [0.05, 0.1) is 0 Å². The minimum atomic E-state index is 0.718. The van der Waals surface area contributed by atoms with Gasteiger partial charge in [-0.05, 0) is 45.3 Å². The van der Waals surface area contributed by atoms with Crippen molar-refractivity contribution in [2.24, 2.45) is 11.7 Å². The van der Waals surface area contributed by atoms with E-state index < -0.39 is 0 Å². The molecule has 14 heavy (non-hydrogen) atoms. The number of rotatable bonds is 5. The summed E-state index contributed by atoms with van der Waals surface area (Å²) in [6.45, 7) is 6.62. The molecule has 3 heteroatoms. The van der Waals surface area contributed by atoms with Gasteiger partial charge in [0.15, 0.2) is 0 Å². The lowest BCUT2D eigenvalue weighted by Gasteiger charge is -2.35. The van der Waals surface area contributed by atoms with Gasteiger partial charge < -0.3 is 16.0 Å². The Bertz CT molecular complexity index is 137. The van der Waals surface area contributed by atoms with Crippen molar-refractivity contribution in [3.05, 3.63) is 0 Å². The maximum Gasteiger partial charge on any atom is 0.0105 e. The van der Waals surface area contributed by atoms with E-state index in [1.807, 2.05) is 0 Å². The fraction of sp³-hybridized carbons (Fsp3) is 1.00. The van der Waals surface area contributed by atoms with E-state index in [1.165, 1.54) is 32.4 Å². The largest absolute Gasteiger partial charge is 0.329 e. The number of hydrogen-bond acceptors (Lipinski definition) is 3. The molecule has 84 valence electrons. The molecular formula is C11H25N3. The summed E-state index contributed by atoms with van der Waals surface area (Å²) in [7, 11) is 2.08. The van der Waals surface area contributed by atoms with Gasteiger partial charge in [0.25, 0.3) is 0 Å². The third-order valence-corrected chi connectivity index (χ3v) is 3.46. The minimum Gasteiger partial charge on any atom is -0.329 e. The Balaban J connectivity index is 2.27. The first kappa shape index (κ1) is 12.0. The van der Waals surface area contributed by atoms with E-state index in [0.717, 1.165) is 25.0 Å². The van der Waals surface area contributed by atoms with Crippen molar-refractivity contribution in [3.8, 4) is 0 Å². The van der Waals surface area contributed by atoms with Crippen LogP contribution in [0.4, 0.5) is 0 Å². The van der Waals surface area contributed by atoms with Gasteiger partial charge in [0.1, 0.15) is 0 Å². The summed E-state index contributed by atoms with van der Waals surface area (Å²) in [4.78, 5) is 2.48. The quantitative estimate of drug-likeness (QED) is 0.683. The first-order valence-corrected chi connectivity index (χ1v) is 5.91. The lowest BCUT2D eigenvalue weighted by atomic mass is 9.88. The Labute approximate surface area is 88.0 Å². The molecule has 0 aromatic rings. The molecular weight excluding hydrogens is 174 g/mol. The van der Waals surface area contributed by atoms with E-state index in [9.17, 15) is 0 Å². The first-order chi connectivity index (χ1) is 6.81. The van der Waals surface area contributed by atoms with Gasteiger partial charge in [0, 0.05) is 19.1 Å². The van der Waals surface area contributed by atoms with E-state index in [-0.39, 0.29) is 0 Å². The zero-order valence-electron chi connectivity index (χ0n) is 9.63. The predicted molar refractivity (Wildman–Crippen MR) is 61.4 cm³/mol. The molecule has 1 heterocycles. The molecule has 0 saturated carbocycles. The van der Waals surface area contributed by atoms with Crippen LogP contribution in [-0.4, -0.2) is 44.2 Å². The highest BCUT2D eigenvalue weighted by molar-refractivity contribution is 4.80. The molecule has 0 aliphatic carbocycles. The van der Waals surface area contributed by atoms with Gasteiger partial charge >= 0.3 is 0 Å². The zero-order chi connectivity index (χ0) is 10.4. The maximum atomic E-state index is 5.55. The van der Waals surface area contributed by atoms with Crippen LogP contribution in [0.5, 0.6) is 0 Å². The summed E-state index contributed by atoms with van der Waals surface area (Å²) in [6.07, 6.45) is 3.91. The van der Waals surface area contributed by atoms with Crippen LogP contribution in [0.2, 0.25) is 0 Å². The zero-order valence-corrected chi connectivity index (χ0v) is 9.63. The average Bonchev–Trinajstić information content (AvgIpc) is 2.23. The Morgan fingerprint density at radius 2 is 2.07 bits per heavy atom. The third kappa shape index (κ3) is 3.23. The first-order valence-electron chi connectivity index (χ1n) is 5.91.